The van der Waals surface area contributed by atoms with Crippen LogP contribution >= 0.6 is 0 Å². The summed E-state index contributed by atoms with van der Waals surface area (Å²) >= 11 is 0. The molecule has 1 aliphatic heterocycles. The number of hydrogen-bond donors (Lipinski definition) is 1. The molecule has 0 aromatic rings. The summed E-state index contributed by atoms with van der Waals surface area (Å²) in [6.45, 7) is 4.80. The molecule has 0 radical (unpaired) electrons. The first-order valence-corrected chi connectivity index (χ1v) is 4.70. The van der Waals surface area contributed by atoms with Crippen LogP contribution in [-0.4, -0.2) is 30.8 Å². The van der Waals surface area contributed by atoms with Crippen LogP contribution in [0.25, 0.3) is 0 Å². The van der Waals surface area contributed by atoms with Crippen molar-refractivity contribution in [1.82, 2.24) is 0 Å². The molecule has 1 aliphatic rings. The molecule has 4 nitrogen and oxygen atoms in total. The molecule has 0 atom stereocenters. The topological polar surface area (TPSA) is 61.6 Å². The van der Waals surface area contributed by atoms with Gasteiger partial charge in [0.15, 0.2) is 0 Å². The molecule has 0 spiro atoms. The molecule has 13 heavy (non-hydrogen) atoms. The average Bonchev–Trinajstić information content (AvgIpc) is 2.09. The van der Waals surface area contributed by atoms with Crippen molar-refractivity contribution in [2.45, 2.75) is 38.3 Å². The van der Waals surface area contributed by atoms with E-state index in [-0.39, 0.29) is 12.1 Å². The van der Waals surface area contributed by atoms with Gasteiger partial charge in [0.2, 0.25) is 0 Å². The molecule has 0 saturated carbocycles. The van der Waals surface area contributed by atoms with Crippen LogP contribution in [0.3, 0.4) is 0 Å². The summed E-state index contributed by atoms with van der Waals surface area (Å²) in [6, 6.07) is 0. The maximum Gasteiger partial charge on any atom is 0.326 e. The zero-order chi connectivity index (χ0) is 9.90. The van der Waals surface area contributed by atoms with E-state index >= 15 is 0 Å². The van der Waals surface area contributed by atoms with Crippen molar-refractivity contribution in [3.63, 3.8) is 0 Å². The van der Waals surface area contributed by atoms with Gasteiger partial charge in [-0.1, -0.05) is 13.8 Å². The summed E-state index contributed by atoms with van der Waals surface area (Å²) in [4.78, 5) is 11.5. The van der Waals surface area contributed by atoms with Gasteiger partial charge in [-0.25, -0.2) is 0 Å². The Hall–Kier alpha value is -0.610. The summed E-state index contributed by atoms with van der Waals surface area (Å²) in [5, 5.41) is 0. The van der Waals surface area contributed by atoms with Crippen molar-refractivity contribution in [1.29, 1.82) is 0 Å². The third-order valence-electron chi connectivity index (χ3n) is 2.55. The van der Waals surface area contributed by atoms with Crippen LogP contribution in [0.1, 0.15) is 26.7 Å². The standard InChI is InChI=1S/C9H17NO3/c1-3-9(10,4-2)8(11)13-7-5-12-6-7/h7H,3-6,10H2,1-2H3. The second-order valence-corrected chi connectivity index (χ2v) is 3.43. The van der Waals surface area contributed by atoms with Crippen LogP contribution in [0.5, 0.6) is 0 Å². The summed E-state index contributed by atoms with van der Waals surface area (Å²) < 4.78 is 10.0. The Morgan fingerprint density at radius 1 is 1.54 bits per heavy atom. The Kier molecular flexibility index (Phi) is 3.27. The third-order valence-corrected chi connectivity index (χ3v) is 2.55. The van der Waals surface area contributed by atoms with Gasteiger partial charge in [-0.05, 0) is 12.8 Å². The number of esters is 1. The van der Waals surface area contributed by atoms with Crippen molar-refractivity contribution in [3.8, 4) is 0 Å². The number of carbonyl (C=O) groups excluding carboxylic acids is 1. The predicted molar refractivity (Wildman–Crippen MR) is 48.2 cm³/mol. The second kappa shape index (κ2) is 4.07. The Bertz CT molecular complexity index is 185. The van der Waals surface area contributed by atoms with E-state index < -0.39 is 5.54 Å². The van der Waals surface area contributed by atoms with Gasteiger partial charge in [-0.3, -0.25) is 4.79 Å². The number of nitrogens with two attached hydrogens (primary N) is 1. The first-order chi connectivity index (χ1) is 6.12. The van der Waals surface area contributed by atoms with E-state index in [1.54, 1.807) is 0 Å². The lowest BCUT2D eigenvalue weighted by Gasteiger charge is -2.31. The van der Waals surface area contributed by atoms with Gasteiger partial charge in [-0.2, -0.15) is 0 Å². The van der Waals surface area contributed by atoms with Crippen LogP contribution in [0.2, 0.25) is 0 Å². The Morgan fingerprint density at radius 2 is 2.08 bits per heavy atom. The predicted octanol–water partition coefficient (Wildman–Crippen LogP) is 0.446. The van der Waals surface area contributed by atoms with Gasteiger partial charge in [-0.15, -0.1) is 0 Å². The second-order valence-electron chi connectivity index (χ2n) is 3.43. The fraction of sp³-hybridized carbons (Fsp3) is 0.889. The molecule has 1 fully saturated rings. The molecule has 0 bridgehead atoms. The van der Waals surface area contributed by atoms with Crippen LogP contribution < -0.4 is 5.73 Å². The Balaban J connectivity index is 2.43. The SMILES string of the molecule is CCC(N)(CC)C(=O)OC1COC1. The lowest BCUT2D eigenvalue weighted by molar-refractivity contribution is -0.178. The summed E-state index contributed by atoms with van der Waals surface area (Å²) in [5.74, 6) is -0.300. The van der Waals surface area contributed by atoms with Gasteiger partial charge in [0.1, 0.15) is 11.6 Å². The maximum atomic E-state index is 11.5. The van der Waals surface area contributed by atoms with E-state index in [1.807, 2.05) is 13.8 Å². The Labute approximate surface area is 78.4 Å². The van der Waals surface area contributed by atoms with E-state index in [2.05, 4.69) is 0 Å². The highest BCUT2D eigenvalue weighted by Gasteiger charge is 2.35. The number of hydrogen-bond acceptors (Lipinski definition) is 4. The lowest BCUT2D eigenvalue weighted by Crippen LogP contribution is -2.51. The largest absolute Gasteiger partial charge is 0.456 e. The van der Waals surface area contributed by atoms with Gasteiger partial charge >= 0.3 is 5.97 Å². The molecule has 1 saturated heterocycles. The number of ether oxygens (including phenoxy) is 2. The van der Waals surface area contributed by atoms with Crippen molar-refractivity contribution in [3.05, 3.63) is 0 Å². The van der Waals surface area contributed by atoms with Gasteiger partial charge in [0, 0.05) is 0 Å². The van der Waals surface area contributed by atoms with Crippen molar-refractivity contribution >= 4 is 5.97 Å². The van der Waals surface area contributed by atoms with Crippen LogP contribution in [-0.2, 0) is 14.3 Å². The zero-order valence-electron chi connectivity index (χ0n) is 8.21. The molecule has 4 heteroatoms. The van der Waals surface area contributed by atoms with Crippen molar-refractivity contribution in [2.24, 2.45) is 5.73 Å². The van der Waals surface area contributed by atoms with Gasteiger partial charge in [0.25, 0.3) is 0 Å². The third kappa shape index (κ3) is 2.19. The van der Waals surface area contributed by atoms with E-state index in [9.17, 15) is 4.79 Å². The Morgan fingerprint density at radius 3 is 2.38 bits per heavy atom. The first kappa shape index (κ1) is 10.5. The summed E-state index contributed by atoms with van der Waals surface area (Å²) in [6.07, 6.45) is 1.14. The van der Waals surface area contributed by atoms with Crippen molar-refractivity contribution < 1.29 is 14.3 Å². The minimum absolute atomic E-state index is 0.0754. The lowest BCUT2D eigenvalue weighted by atomic mass is 9.94. The van der Waals surface area contributed by atoms with E-state index in [1.165, 1.54) is 0 Å². The van der Waals surface area contributed by atoms with E-state index in [0.717, 1.165) is 0 Å². The normalized spacial score (nSPS) is 18.1. The van der Waals surface area contributed by atoms with Gasteiger partial charge < -0.3 is 15.2 Å². The zero-order valence-corrected chi connectivity index (χ0v) is 8.21. The van der Waals surface area contributed by atoms with Crippen LogP contribution in [0, 0.1) is 0 Å². The molecular formula is C9H17NO3. The minimum atomic E-state index is -0.810. The molecule has 0 aliphatic carbocycles. The molecule has 2 N–H and O–H groups in total. The maximum absolute atomic E-state index is 11.5. The van der Waals surface area contributed by atoms with E-state index in [4.69, 9.17) is 15.2 Å². The van der Waals surface area contributed by atoms with Crippen molar-refractivity contribution in [2.75, 3.05) is 13.2 Å². The molecule has 0 aromatic carbocycles. The highest BCUT2D eigenvalue weighted by Crippen LogP contribution is 2.16. The summed E-state index contributed by atoms with van der Waals surface area (Å²) in [7, 11) is 0. The molecule has 0 aromatic heterocycles. The number of rotatable bonds is 4. The fourth-order valence-corrected chi connectivity index (χ4v) is 1.09. The monoisotopic (exact) mass is 187 g/mol. The molecule has 0 unspecified atom stereocenters. The molecule has 1 heterocycles. The highest BCUT2D eigenvalue weighted by atomic mass is 16.6. The number of carbonyl (C=O) groups is 1. The van der Waals surface area contributed by atoms with Gasteiger partial charge in [0.05, 0.1) is 13.2 Å². The quantitative estimate of drug-likeness (QED) is 0.649. The first-order valence-electron chi connectivity index (χ1n) is 4.70. The molecular weight excluding hydrogens is 170 g/mol. The molecule has 0 amide bonds. The van der Waals surface area contributed by atoms with Crippen LogP contribution in [0.15, 0.2) is 0 Å². The highest BCUT2D eigenvalue weighted by molar-refractivity contribution is 5.80. The van der Waals surface area contributed by atoms with E-state index in [0.29, 0.717) is 26.1 Å². The average molecular weight is 187 g/mol. The molecule has 1 rings (SSSR count). The molecule has 76 valence electrons. The fourth-order valence-electron chi connectivity index (χ4n) is 1.09. The minimum Gasteiger partial charge on any atom is -0.456 e. The summed E-state index contributed by atoms with van der Waals surface area (Å²) in [5.41, 5.74) is 5.04. The van der Waals surface area contributed by atoms with Crippen LogP contribution in [0.4, 0.5) is 0 Å². The smallest absolute Gasteiger partial charge is 0.326 e.